The molecule has 130 heavy (non-hydrogen) atoms. The van der Waals surface area contributed by atoms with Crippen LogP contribution in [0.15, 0.2) is 92.9 Å². The van der Waals surface area contributed by atoms with E-state index in [4.69, 9.17) is 46.5 Å². The van der Waals surface area contributed by atoms with Crippen molar-refractivity contribution in [2.45, 2.75) is 356 Å². The highest BCUT2D eigenvalue weighted by Crippen LogP contribution is 2.66. The van der Waals surface area contributed by atoms with E-state index in [9.17, 15) is 46.2 Å². The van der Waals surface area contributed by atoms with Crippen LogP contribution in [0.5, 0.6) is 0 Å². The van der Waals surface area contributed by atoms with Crippen molar-refractivity contribution < 1.29 is 112 Å². The molecule has 2 saturated heterocycles. The lowest BCUT2D eigenvalue weighted by Gasteiger charge is -2.59. The maximum atomic E-state index is 15.8. The fourth-order valence-corrected chi connectivity index (χ4v) is 31.1. The van der Waals surface area contributed by atoms with Gasteiger partial charge in [-0.15, -0.1) is 0 Å². The average Bonchev–Trinajstić information content (AvgIpc) is 0.737. The molecule has 2 N–H and O–H groups in total. The summed E-state index contributed by atoms with van der Waals surface area (Å²) in [5.41, 5.74) is -11.9. The standard InChI is InChI=1S/C102H136N2O24S2/c1-13-71(51-93(7,89(111)125-101-47-67-33-68(48-101)44-99(113,43-67)59-101)57-95(9,87(109)121-81-27-29-119-83(81)105)55-91(3,4)85(107)123-97(11)75-35-63-31-64(37-75)38-76(97)36-63)73-19-23-79(24-20-73)129(115,116)127-103-53-61-15-17-62(18-16-61)54-104-128-130(117,118)80-25-21-74(22-26-80)72(14-2)52-94(8,90(112)126-102-49-69-34-70(50-102)46-100(114,45-69)60-102)58-96(10,88(110)122-82-28-30-120-84(82)106)56-92(5,6)86(108)124-98(12)77-39-65-32-66(41-77)42-78(98)40-65/h15-26,53-54,63-72,75-78,81-82,113-114H,13-14,27-52,55-60H2,1-12H3/b103-53+,104-54+. The number of carbonyl (C=O) groups is 8. The van der Waals surface area contributed by atoms with Crippen LogP contribution in [0.2, 0.25) is 0 Å². The molecular formula is C102H136N2O24S2. The lowest BCUT2D eigenvalue weighted by atomic mass is 9.50. The van der Waals surface area contributed by atoms with E-state index in [0.29, 0.717) is 123 Å². The van der Waals surface area contributed by atoms with E-state index in [1.54, 1.807) is 104 Å². The molecule has 16 aliphatic carbocycles. The summed E-state index contributed by atoms with van der Waals surface area (Å²) in [6, 6.07) is 18.4. The van der Waals surface area contributed by atoms with Gasteiger partial charge in [0.2, 0.25) is 12.2 Å². The molecule has 12 atom stereocenters. The van der Waals surface area contributed by atoms with Crippen LogP contribution in [0, 0.1) is 104 Å². The Kier molecular flexibility index (Phi) is 24.7. The van der Waals surface area contributed by atoms with Crippen molar-refractivity contribution in [1.82, 2.24) is 0 Å². The van der Waals surface area contributed by atoms with Crippen molar-refractivity contribution in [3.05, 3.63) is 95.1 Å². The van der Waals surface area contributed by atoms with E-state index in [2.05, 4.69) is 24.2 Å². The van der Waals surface area contributed by atoms with Crippen LogP contribution in [-0.4, -0.2) is 146 Å². The summed E-state index contributed by atoms with van der Waals surface area (Å²) in [6.07, 6.45) is 18.7. The van der Waals surface area contributed by atoms with Gasteiger partial charge in [-0.2, -0.15) is 16.8 Å². The van der Waals surface area contributed by atoms with Gasteiger partial charge < -0.3 is 48.1 Å². The van der Waals surface area contributed by atoms with Crippen molar-refractivity contribution in [1.29, 1.82) is 0 Å². The Morgan fingerprint density at radius 2 is 0.723 bits per heavy atom. The highest BCUT2D eigenvalue weighted by atomic mass is 32.2. The molecule has 12 unspecified atom stereocenters. The zero-order valence-corrected chi connectivity index (χ0v) is 79.6. The predicted molar refractivity (Wildman–Crippen MR) is 476 cm³/mol. The summed E-state index contributed by atoms with van der Waals surface area (Å²) in [5, 5.41) is 31.4. The first-order valence-corrected chi connectivity index (χ1v) is 51.2. The Labute approximate surface area is 766 Å². The van der Waals surface area contributed by atoms with Crippen molar-refractivity contribution in [3.8, 4) is 0 Å². The lowest BCUT2D eigenvalue weighted by molar-refractivity contribution is -0.229. The molecule has 16 bridgehead atoms. The van der Waals surface area contributed by atoms with Gasteiger partial charge in [0.25, 0.3) is 0 Å². The minimum Gasteiger partial charge on any atom is -0.463 e. The number of hydrogen-bond acceptors (Lipinski definition) is 26. The van der Waals surface area contributed by atoms with Crippen LogP contribution in [0.4, 0.5) is 0 Å². The molecule has 0 spiro atoms. The molecule has 2 aliphatic heterocycles. The zero-order chi connectivity index (χ0) is 92.7. The summed E-state index contributed by atoms with van der Waals surface area (Å²) in [5.74, 6) is -1.72. The first kappa shape index (κ1) is 94.0. The number of esters is 8. The Morgan fingerprint density at radius 1 is 0.415 bits per heavy atom. The quantitative estimate of drug-likeness (QED) is 0.0236. The molecule has 16 saturated carbocycles. The van der Waals surface area contributed by atoms with Crippen LogP contribution in [0.3, 0.4) is 0 Å². The molecule has 28 heteroatoms. The molecule has 3 aromatic rings. The van der Waals surface area contributed by atoms with E-state index in [1.165, 1.54) is 49.5 Å². The van der Waals surface area contributed by atoms with Gasteiger partial charge in [0.15, 0.2) is 0 Å². The van der Waals surface area contributed by atoms with Crippen LogP contribution < -0.4 is 0 Å². The van der Waals surface area contributed by atoms with Gasteiger partial charge in [-0.25, -0.2) is 9.59 Å². The van der Waals surface area contributed by atoms with Crippen molar-refractivity contribution in [2.24, 2.45) is 114 Å². The van der Waals surface area contributed by atoms with Gasteiger partial charge in [0.05, 0.1) is 69.3 Å². The number of carbonyl (C=O) groups excluding carboxylic acids is 8. The first-order valence-electron chi connectivity index (χ1n) is 48.4. The molecule has 2 heterocycles. The third kappa shape index (κ3) is 18.7. The van der Waals surface area contributed by atoms with Gasteiger partial charge in [-0.05, 0) is 378 Å². The van der Waals surface area contributed by atoms with E-state index >= 15 is 19.2 Å². The Hall–Kier alpha value is -7.82. The smallest absolute Gasteiger partial charge is 0.358 e. The molecule has 18 fully saturated rings. The minimum absolute atomic E-state index is 0.0627. The van der Waals surface area contributed by atoms with Crippen LogP contribution in [-0.2, 0) is 105 Å². The third-order valence-corrected chi connectivity index (χ3v) is 36.8. The summed E-state index contributed by atoms with van der Waals surface area (Å²) in [6.45, 7) is 22.2. The summed E-state index contributed by atoms with van der Waals surface area (Å²) < 4.78 is 116. The lowest BCUT2D eigenvalue weighted by Crippen LogP contribution is -2.61. The van der Waals surface area contributed by atoms with Gasteiger partial charge >= 0.3 is 68.0 Å². The van der Waals surface area contributed by atoms with Gasteiger partial charge in [0, 0.05) is 25.7 Å². The first-order chi connectivity index (χ1) is 61.0. The number of benzene rings is 3. The fraction of sp³-hybridized carbons (Fsp3) is 0.725. The van der Waals surface area contributed by atoms with Gasteiger partial charge in [0.1, 0.15) is 32.2 Å². The number of cyclic esters (lactones) is 2. The van der Waals surface area contributed by atoms with E-state index in [0.717, 1.165) is 64.2 Å². The van der Waals surface area contributed by atoms with Crippen LogP contribution in [0.25, 0.3) is 0 Å². The number of ether oxygens (including phenoxy) is 8. The maximum absolute atomic E-state index is 15.8. The molecule has 21 rings (SSSR count). The average molecular weight is 1840 g/mol. The van der Waals surface area contributed by atoms with E-state index < -0.39 is 158 Å². The zero-order valence-electron chi connectivity index (χ0n) is 77.9. The molecule has 710 valence electrons. The molecule has 26 nitrogen and oxygen atoms in total. The van der Waals surface area contributed by atoms with E-state index in [1.807, 2.05) is 13.8 Å². The Bertz CT molecular complexity index is 4770. The van der Waals surface area contributed by atoms with Crippen LogP contribution >= 0.6 is 0 Å². The third-order valence-electron chi connectivity index (χ3n) is 34.6. The summed E-state index contributed by atoms with van der Waals surface area (Å²) in [7, 11) is -9.07. The molecule has 0 amide bonds. The highest BCUT2D eigenvalue weighted by molar-refractivity contribution is 7.87. The SMILES string of the molecule is CCC(CC(C)(CC(C)(CC(C)(C)C(=O)OC1(C)C2CC3CC(C2)CC1C3)C(=O)OC1CCOC1=O)C(=O)OC12CC3CC(CC(O)(C3)C1)C2)c1ccc(S(=O)(=O)O/N=C/c2ccc(/C=N/OS(=O)(=O)c3ccc(C(CC)CC(C)(CC(C)(CC(C)(C)C(=O)OC4(C)C5CC6CC(C5)CC4C6)C(=O)OC4CCOC4=O)C(=O)OC45CC6CC(CC(O)(C6)C4)C5)cc3)cc2)cc1. The van der Waals surface area contributed by atoms with Crippen molar-refractivity contribution in [2.75, 3.05) is 13.2 Å². The fourth-order valence-electron chi connectivity index (χ4n) is 29.7. The second-order valence-corrected chi connectivity index (χ2v) is 49.7. The van der Waals surface area contributed by atoms with Crippen molar-refractivity contribution >= 4 is 80.4 Å². The number of aliphatic hydroxyl groups is 2. The summed E-state index contributed by atoms with van der Waals surface area (Å²) >= 11 is 0. The second kappa shape index (κ2) is 34.2. The Balaban J connectivity index is 0.554. The molecule has 18 aliphatic rings. The topological polar surface area (TPSA) is 362 Å². The highest BCUT2D eigenvalue weighted by Gasteiger charge is 2.66. The predicted octanol–water partition coefficient (Wildman–Crippen LogP) is 17.1. The van der Waals surface area contributed by atoms with Gasteiger partial charge in [-0.3, -0.25) is 37.3 Å². The van der Waals surface area contributed by atoms with Crippen LogP contribution in [0.1, 0.15) is 323 Å². The normalized spacial score (nSPS) is 36.0. The maximum Gasteiger partial charge on any atom is 0.358 e. The molecule has 3 aromatic carbocycles. The number of oxime groups is 2. The summed E-state index contributed by atoms with van der Waals surface area (Å²) in [4.78, 5) is 118. The van der Waals surface area contributed by atoms with E-state index in [-0.39, 0.29) is 122 Å². The second-order valence-electron chi connectivity index (χ2n) is 46.6. The number of rotatable bonds is 36. The molecule has 0 radical (unpaired) electrons. The number of nitrogens with zero attached hydrogens (tertiary/aromatic N) is 2. The van der Waals surface area contributed by atoms with Crippen molar-refractivity contribution in [3.63, 3.8) is 0 Å². The minimum atomic E-state index is -4.53. The Morgan fingerprint density at radius 3 is 1.01 bits per heavy atom. The largest absolute Gasteiger partial charge is 0.463 e. The monoisotopic (exact) mass is 1840 g/mol. The van der Waals surface area contributed by atoms with Gasteiger partial charge in [-0.1, -0.05) is 72.7 Å². The number of hydrogen-bond donors (Lipinski definition) is 2. The molecular weight excluding hydrogens is 1700 g/mol. The molecule has 0 aromatic heterocycles.